The van der Waals surface area contributed by atoms with Crippen molar-refractivity contribution >= 4 is 17.6 Å². The Kier molecular flexibility index (Phi) is 6.56. The Labute approximate surface area is 148 Å². The highest BCUT2D eigenvalue weighted by Crippen LogP contribution is 2.21. The van der Waals surface area contributed by atoms with Gasteiger partial charge >= 0.3 is 0 Å². The maximum Gasteiger partial charge on any atom is 0.244 e. The van der Waals surface area contributed by atoms with E-state index in [1.54, 1.807) is 43.3 Å². The van der Waals surface area contributed by atoms with Crippen LogP contribution in [0.4, 0.5) is 0 Å². The molecule has 25 heavy (non-hydrogen) atoms. The van der Waals surface area contributed by atoms with Crippen molar-refractivity contribution in [2.45, 2.75) is 38.6 Å². The van der Waals surface area contributed by atoms with Crippen LogP contribution < -0.4 is 4.74 Å². The lowest BCUT2D eigenvalue weighted by atomic mass is 10.1. The summed E-state index contributed by atoms with van der Waals surface area (Å²) in [6.07, 6.45) is 1.79. The standard InChI is InChI=1S/C19H26N2O4/c1-4-25-15-9-7-14(8-10-15)17(22)11-12-18(23)21-13-5-6-16(21)19(24)20(2)3/h7-10,16H,4-6,11-13H2,1-3H3. The molecule has 0 N–H and O–H groups in total. The minimum Gasteiger partial charge on any atom is -0.494 e. The van der Waals surface area contributed by atoms with Crippen molar-refractivity contribution in [3.63, 3.8) is 0 Å². The van der Waals surface area contributed by atoms with Crippen LogP contribution in [0.5, 0.6) is 5.75 Å². The number of benzene rings is 1. The monoisotopic (exact) mass is 346 g/mol. The van der Waals surface area contributed by atoms with Gasteiger partial charge in [0.25, 0.3) is 0 Å². The zero-order valence-electron chi connectivity index (χ0n) is 15.2. The molecule has 1 aromatic carbocycles. The first kappa shape index (κ1) is 19.0. The molecule has 1 unspecified atom stereocenters. The quantitative estimate of drug-likeness (QED) is 0.710. The van der Waals surface area contributed by atoms with Crippen molar-refractivity contribution in [1.29, 1.82) is 0 Å². The molecule has 6 heteroatoms. The fourth-order valence-corrected chi connectivity index (χ4v) is 3.03. The van der Waals surface area contributed by atoms with Gasteiger partial charge in [-0.3, -0.25) is 14.4 Å². The maximum absolute atomic E-state index is 12.4. The van der Waals surface area contributed by atoms with E-state index >= 15 is 0 Å². The molecule has 1 aromatic rings. The molecule has 6 nitrogen and oxygen atoms in total. The SMILES string of the molecule is CCOc1ccc(C(=O)CCC(=O)N2CCCC2C(=O)N(C)C)cc1. The fourth-order valence-electron chi connectivity index (χ4n) is 3.03. The highest BCUT2D eigenvalue weighted by Gasteiger charge is 2.34. The van der Waals surface area contributed by atoms with Gasteiger partial charge in [-0.25, -0.2) is 0 Å². The van der Waals surface area contributed by atoms with E-state index in [1.807, 2.05) is 6.92 Å². The van der Waals surface area contributed by atoms with Crippen LogP contribution in [0.15, 0.2) is 24.3 Å². The summed E-state index contributed by atoms with van der Waals surface area (Å²) in [6.45, 7) is 3.06. The van der Waals surface area contributed by atoms with Gasteiger partial charge in [-0.15, -0.1) is 0 Å². The largest absolute Gasteiger partial charge is 0.494 e. The zero-order chi connectivity index (χ0) is 18.4. The first-order chi connectivity index (χ1) is 11.9. The van der Waals surface area contributed by atoms with E-state index in [0.717, 1.165) is 12.2 Å². The number of hydrogen-bond donors (Lipinski definition) is 0. The van der Waals surface area contributed by atoms with Gasteiger partial charge in [0, 0.05) is 39.0 Å². The van der Waals surface area contributed by atoms with Gasteiger partial charge in [-0.1, -0.05) is 0 Å². The highest BCUT2D eigenvalue weighted by molar-refractivity contribution is 5.98. The Morgan fingerprint density at radius 3 is 2.44 bits per heavy atom. The molecule has 0 aliphatic carbocycles. The minimum atomic E-state index is -0.386. The van der Waals surface area contributed by atoms with Crippen LogP contribution in [0.25, 0.3) is 0 Å². The molecule has 0 aromatic heterocycles. The van der Waals surface area contributed by atoms with Crippen LogP contribution in [0.3, 0.4) is 0 Å². The summed E-state index contributed by atoms with van der Waals surface area (Å²) < 4.78 is 5.35. The normalized spacial score (nSPS) is 16.6. The number of likely N-dealkylation sites (tertiary alicyclic amines) is 1. The van der Waals surface area contributed by atoms with Crippen molar-refractivity contribution in [3.05, 3.63) is 29.8 Å². The van der Waals surface area contributed by atoms with Crippen LogP contribution in [-0.2, 0) is 9.59 Å². The van der Waals surface area contributed by atoms with Crippen LogP contribution >= 0.6 is 0 Å². The molecular weight excluding hydrogens is 320 g/mol. The van der Waals surface area contributed by atoms with E-state index < -0.39 is 0 Å². The van der Waals surface area contributed by atoms with E-state index in [1.165, 1.54) is 4.90 Å². The molecule has 1 aliphatic heterocycles. The second-order valence-corrected chi connectivity index (χ2v) is 6.36. The van der Waals surface area contributed by atoms with Gasteiger partial charge in [-0.05, 0) is 44.0 Å². The third kappa shape index (κ3) is 4.81. The summed E-state index contributed by atoms with van der Waals surface area (Å²) in [4.78, 5) is 40.0. The summed E-state index contributed by atoms with van der Waals surface area (Å²) in [5, 5.41) is 0. The second-order valence-electron chi connectivity index (χ2n) is 6.36. The number of Topliss-reactive ketones (excluding diaryl/α,β-unsaturated/α-hetero) is 1. The van der Waals surface area contributed by atoms with Crippen molar-refractivity contribution in [3.8, 4) is 5.75 Å². The highest BCUT2D eigenvalue weighted by atomic mass is 16.5. The Morgan fingerprint density at radius 2 is 1.84 bits per heavy atom. The number of nitrogens with zero attached hydrogens (tertiary/aromatic N) is 2. The average molecular weight is 346 g/mol. The topological polar surface area (TPSA) is 66.9 Å². The van der Waals surface area contributed by atoms with Crippen molar-refractivity contribution < 1.29 is 19.1 Å². The molecule has 1 atom stereocenters. The summed E-state index contributed by atoms with van der Waals surface area (Å²) in [7, 11) is 3.39. The van der Waals surface area contributed by atoms with Gasteiger partial charge < -0.3 is 14.5 Å². The molecule has 2 rings (SSSR count). The average Bonchev–Trinajstić information content (AvgIpc) is 3.09. The van der Waals surface area contributed by atoms with Crippen molar-refractivity contribution in [1.82, 2.24) is 9.80 Å². The molecule has 2 amide bonds. The number of ether oxygens (including phenoxy) is 1. The second kappa shape index (κ2) is 8.65. The first-order valence-electron chi connectivity index (χ1n) is 8.70. The Morgan fingerprint density at radius 1 is 1.16 bits per heavy atom. The number of rotatable bonds is 7. The van der Waals surface area contributed by atoms with Gasteiger partial charge in [0.05, 0.1) is 6.61 Å². The first-order valence-corrected chi connectivity index (χ1v) is 8.70. The fraction of sp³-hybridized carbons (Fsp3) is 0.526. The molecule has 1 aliphatic rings. The third-order valence-electron chi connectivity index (χ3n) is 4.35. The predicted octanol–water partition coefficient (Wildman–Crippen LogP) is 2.13. The lowest BCUT2D eigenvalue weighted by molar-refractivity contribution is -0.142. The lowest BCUT2D eigenvalue weighted by Crippen LogP contribution is -2.45. The number of amides is 2. The Balaban J connectivity index is 1.90. The molecular formula is C19H26N2O4. The molecule has 1 heterocycles. The Bertz CT molecular complexity index is 625. The molecule has 0 bridgehead atoms. The molecule has 136 valence electrons. The van der Waals surface area contributed by atoms with Gasteiger partial charge in [0.15, 0.2) is 5.78 Å². The van der Waals surface area contributed by atoms with Crippen LogP contribution in [-0.4, -0.2) is 60.7 Å². The minimum absolute atomic E-state index is 0.0521. The molecule has 1 fully saturated rings. The van der Waals surface area contributed by atoms with Crippen LogP contribution in [0.2, 0.25) is 0 Å². The summed E-state index contributed by atoms with van der Waals surface area (Å²) in [6, 6.07) is 6.55. The molecule has 1 saturated heterocycles. The number of ketones is 1. The van der Waals surface area contributed by atoms with E-state index in [2.05, 4.69) is 0 Å². The Hall–Kier alpha value is -2.37. The number of likely N-dealkylation sites (N-methyl/N-ethyl adjacent to an activating group) is 1. The third-order valence-corrected chi connectivity index (χ3v) is 4.35. The number of carbonyl (C=O) groups excluding carboxylic acids is 3. The smallest absolute Gasteiger partial charge is 0.244 e. The summed E-state index contributed by atoms with van der Waals surface area (Å²) in [5.41, 5.74) is 0.568. The summed E-state index contributed by atoms with van der Waals surface area (Å²) in [5.74, 6) is 0.462. The number of carbonyl (C=O) groups is 3. The number of hydrogen-bond acceptors (Lipinski definition) is 4. The van der Waals surface area contributed by atoms with Gasteiger partial charge in [0.2, 0.25) is 11.8 Å². The summed E-state index contributed by atoms with van der Waals surface area (Å²) >= 11 is 0. The van der Waals surface area contributed by atoms with E-state index in [9.17, 15) is 14.4 Å². The van der Waals surface area contributed by atoms with E-state index in [-0.39, 0.29) is 36.5 Å². The lowest BCUT2D eigenvalue weighted by Gasteiger charge is -2.26. The van der Waals surface area contributed by atoms with Crippen molar-refractivity contribution in [2.24, 2.45) is 0 Å². The van der Waals surface area contributed by atoms with Crippen molar-refractivity contribution in [2.75, 3.05) is 27.2 Å². The van der Waals surface area contributed by atoms with Crippen LogP contribution in [0, 0.1) is 0 Å². The predicted molar refractivity (Wildman–Crippen MR) is 94.6 cm³/mol. The van der Waals surface area contributed by atoms with Gasteiger partial charge in [-0.2, -0.15) is 0 Å². The van der Waals surface area contributed by atoms with Gasteiger partial charge in [0.1, 0.15) is 11.8 Å². The zero-order valence-corrected chi connectivity index (χ0v) is 15.2. The molecule has 0 radical (unpaired) electrons. The maximum atomic E-state index is 12.4. The molecule has 0 spiro atoms. The van der Waals surface area contributed by atoms with E-state index in [0.29, 0.717) is 25.1 Å². The molecule has 0 saturated carbocycles. The van der Waals surface area contributed by atoms with E-state index in [4.69, 9.17) is 4.74 Å². The van der Waals surface area contributed by atoms with Crippen LogP contribution in [0.1, 0.15) is 43.0 Å².